The minimum absolute atomic E-state index is 0.229. The van der Waals surface area contributed by atoms with Crippen LogP contribution in [0.15, 0.2) is 29.7 Å². The Kier molecular flexibility index (Phi) is 4.03. The van der Waals surface area contributed by atoms with Gasteiger partial charge in [-0.15, -0.1) is 10.2 Å². The first-order valence-electron chi connectivity index (χ1n) is 6.90. The molecule has 0 spiro atoms. The van der Waals surface area contributed by atoms with Gasteiger partial charge >= 0.3 is 0 Å². The van der Waals surface area contributed by atoms with E-state index in [0.717, 1.165) is 35.8 Å². The molecule has 0 saturated heterocycles. The molecule has 2 aromatic heterocycles. The lowest BCUT2D eigenvalue weighted by Crippen LogP contribution is -2.27. The van der Waals surface area contributed by atoms with E-state index >= 15 is 0 Å². The lowest BCUT2D eigenvalue weighted by Gasteiger charge is -2.26. The van der Waals surface area contributed by atoms with E-state index in [2.05, 4.69) is 15.2 Å². The summed E-state index contributed by atoms with van der Waals surface area (Å²) < 4.78 is 1.98. The SMILES string of the molecule is Cn1c(SC2CCCCC2O)nnc1-c1cccnc1. The van der Waals surface area contributed by atoms with Crippen molar-refractivity contribution in [2.75, 3.05) is 0 Å². The molecule has 2 unspecified atom stereocenters. The molecule has 2 heterocycles. The molecule has 0 amide bonds. The topological polar surface area (TPSA) is 63.8 Å². The Labute approximate surface area is 122 Å². The number of pyridine rings is 1. The lowest BCUT2D eigenvalue weighted by molar-refractivity contribution is 0.137. The van der Waals surface area contributed by atoms with Gasteiger partial charge in [-0.2, -0.15) is 0 Å². The van der Waals surface area contributed by atoms with Crippen molar-refractivity contribution in [1.29, 1.82) is 0 Å². The maximum absolute atomic E-state index is 10.1. The highest BCUT2D eigenvalue weighted by molar-refractivity contribution is 7.99. The largest absolute Gasteiger partial charge is 0.392 e. The van der Waals surface area contributed by atoms with Crippen LogP contribution in [0, 0.1) is 0 Å². The molecule has 0 radical (unpaired) electrons. The Morgan fingerprint density at radius 1 is 1.30 bits per heavy atom. The fourth-order valence-electron chi connectivity index (χ4n) is 2.51. The second-order valence-corrected chi connectivity index (χ2v) is 6.32. The van der Waals surface area contributed by atoms with Gasteiger partial charge < -0.3 is 9.67 Å². The van der Waals surface area contributed by atoms with Crippen LogP contribution in [0.1, 0.15) is 25.7 Å². The Balaban J connectivity index is 1.80. The molecule has 1 aliphatic carbocycles. The number of nitrogens with zero attached hydrogens (tertiary/aromatic N) is 4. The van der Waals surface area contributed by atoms with Crippen molar-refractivity contribution in [2.45, 2.75) is 42.2 Å². The third kappa shape index (κ3) is 2.71. The van der Waals surface area contributed by atoms with E-state index in [0.29, 0.717) is 0 Å². The molecule has 0 bridgehead atoms. The zero-order valence-electron chi connectivity index (χ0n) is 11.4. The van der Waals surface area contributed by atoms with E-state index in [-0.39, 0.29) is 11.4 Å². The highest BCUT2D eigenvalue weighted by atomic mass is 32.2. The summed E-state index contributed by atoms with van der Waals surface area (Å²) in [7, 11) is 1.96. The van der Waals surface area contributed by atoms with Crippen LogP contribution < -0.4 is 0 Å². The second-order valence-electron chi connectivity index (χ2n) is 5.12. The van der Waals surface area contributed by atoms with Gasteiger partial charge in [-0.05, 0) is 25.0 Å². The third-order valence-electron chi connectivity index (χ3n) is 3.68. The predicted octanol–water partition coefficient (Wildman–Crippen LogP) is 2.27. The average molecular weight is 290 g/mol. The van der Waals surface area contributed by atoms with Crippen molar-refractivity contribution in [3.63, 3.8) is 0 Å². The number of aliphatic hydroxyl groups excluding tert-OH is 1. The van der Waals surface area contributed by atoms with Gasteiger partial charge in [-0.3, -0.25) is 4.98 Å². The standard InChI is InChI=1S/C14H18N4OS/c1-18-13(10-5-4-8-15-9-10)16-17-14(18)20-12-7-3-2-6-11(12)19/h4-5,8-9,11-12,19H,2-3,6-7H2,1H3. The number of aliphatic hydroxyl groups is 1. The Morgan fingerprint density at radius 2 is 2.15 bits per heavy atom. The molecule has 20 heavy (non-hydrogen) atoms. The Morgan fingerprint density at radius 3 is 2.90 bits per heavy atom. The molecule has 2 atom stereocenters. The monoisotopic (exact) mass is 290 g/mol. The molecule has 1 fully saturated rings. The van der Waals surface area contributed by atoms with Crippen molar-refractivity contribution >= 4 is 11.8 Å². The van der Waals surface area contributed by atoms with E-state index in [1.807, 2.05) is 23.7 Å². The number of hydrogen-bond acceptors (Lipinski definition) is 5. The van der Waals surface area contributed by atoms with Gasteiger partial charge in [0.2, 0.25) is 0 Å². The molecule has 106 valence electrons. The van der Waals surface area contributed by atoms with Crippen LogP contribution in [0.3, 0.4) is 0 Å². The first kappa shape index (κ1) is 13.6. The van der Waals surface area contributed by atoms with Crippen LogP contribution in [0.5, 0.6) is 0 Å². The van der Waals surface area contributed by atoms with Crippen molar-refractivity contribution in [3.05, 3.63) is 24.5 Å². The van der Waals surface area contributed by atoms with Crippen LogP contribution in [-0.2, 0) is 7.05 Å². The van der Waals surface area contributed by atoms with Gasteiger partial charge in [0.25, 0.3) is 0 Å². The van der Waals surface area contributed by atoms with Crippen molar-refractivity contribution in [2.24, 2.45) is 7.05 Å². The molecule has 2 aromatic rings. The molecular formula is C14H18N4OS. The second kappa shape index (κ2) is 5.93. The average Bonchev–Trinajstić information content (AvgIpc) is 2.84. The smallest absolute Gasteiger partial charge is 0.191 e. The summed E-state index contributed by atoms with van der Waals surface area (Å²) >= 11 is 1.63. The Hall–Kier alpha value is -1.40. The van der Waals surface area contributed by atoms with Gasteiger partial charge in [0.15, 0.2) is 11.0 Å². The lowest BCUT2D eigenvalue weighted by atomic mass is 9.97. The zero-order valence-corrected chi connectivity index (χ0v) is 12.3. The molecule has 3 rings (SSSR count). The molecule has 6 heteroatoms. The van der Waals surface area contributed by atoms with E-state index in [1.54, 1.807) is 24.2 Å². The normalized spacial score (nSPS) is 22.9. The summed E-state index contributed by atoms with van der Waals surface area (Å²) in [5.41, 5.74) is 0.957. The van der Waals surface area contributed by atoms with Gasteiger partial charge in [-0.25, -0.2) is 0 Å². The molecule has 0 aliphatic heterocycles. The van der Waals surface area contributed by atoms with Crippen LogP contribution in [-0.4, -0.2) is 36.2 Å². The summed E-state index contributed by atoms with van der Waals surface area (Å²) in [6.07, 6.45) is 7.54. The molecule has 5 nitrogen and oxygen atoms in total. The number of aromatic nitrogens is 4. The van der Waals surface area contributed by atoms with Gasteiger partial charge in [0, 0.05) is 30.3 Å². The van der Waals surface area contributed by atoms with Crippen LogP contribution in [0.4, 0.5) is 0 Å². The number of thioether (sulfide) groups is 1. The summed E-state index contributed by atoms with van der Waals surface area (Å²) in [4.78, 5) is 4.11. The van der Waals surface area contributed by atoms with Crippen molar-refractivity contribution < 1.29 is 5.11 Å². The fourth-order valence-corrected chi connectivity index (χ4v) is 3.70. The van der Waals surface area contributed by atoms with E-state index in [4.69, 9.17) is 0 Å². The summed E-state index contributed by atoms with van der Waals surface area (Å²) in [6, 6.07) is 3.86. The number of hydrogen-bond donors (Lipinski definition) is 1. The maximum Gasteiger partial charge on any atom is 0.191 e. The number of rotatable bonds is 3. The van der Waals surface area contributed by atoms with Gasteiger partial charge in [0.1, 0.15) is 0 Å². The summed E-state index contributed by atoms with van der Waals surface area (Å²) in [5, 5.41) is 19.6. The van der Waals surface area contributed by atoms with E-state index < -0.39 is 0 Å². The third-order valence-corrected chi connectivity index (χ3v) is 5.10. The predicted molar refractivity (Wildman–Crippen MR) is 78.4 cm³/mol. The molecular weight excluding hydrogens is 272 g/mol. The fraction of sp³-hybridized carbons (Fsp3) is 0.500. The van der Waals surface area contributed by atoms with E-state index in [9.17, 15) is 5.11 Å². The summed E-state index contributed by atoms with van der Waals surface area (Å²) in [5.74, 6) is 0.811. The minimum Gasteiger partial charge on any atom is -0.392 e. The van der Waals surface area contributed by atoms with Crippen LogP contribution >= 0.6 is 11.8 Å². The van der Waals surface area contributed by atoms with Crippen molar-refractivity contribution in [3.8, 4) is 11.4 Å². The van der Waals surface area contributed by atoms with Crippen LogP contribution in [0.25, 0.3) is 11.4 Å². The highest BCUT2D eigenvalue weighted by Gasteiger charge is 2.26. The minimum atomic E-state index is -0.229. The quantitative estimate of drug-likeness (QED) is 0.939. The Bertz CT molecular complexity index is 572. The van der Waals surface area contributed by atoms with E-state index in [1.165, 1.54) is 6.42 Å². The molecule has 0 aromatic carbocycles. The highest BCUT2D eigenvalue weighted by Crippen LogP contribution is 2.33. The maximum atomic E-state index is 10.1. The molecule has 1 N–H and O–H groups in total. The van der Waals surface area contributed by atoms with Crippen molar-refractivity contribution in [1.82, 2.24) is 19.7 Å². The zero-order chi connectivity index (χ0) is 13.9. The molecule has 1 saturated carbocycles. The first-order valence-corrected chi connectivity index (χ1v) is 7.78. The molecule has 1 aliphatic rings. The van der Waals surface area contributed by atoms with Gasteiger partial charge in [-0.1, -0.05) is 24.6 Å². The van der Waals surface area contributed by atoms with Crippen LogP contribution in [0.2, 0.25) is 0 Å². The summed E-state index contributed by atoms with van der Waals surface area (Å²) in [6.45, 7) is 0. The first-order chi connectivity index (χ1) is 9.75. The van der Waals surface area contributed by atoms with Gasteiger partial charge in [0.05, 0.1) is 6.10 Å².